The van der Waals surface area contributed by atoms with Crippen LogP contribution in [0.25, 0.3) is 0 Å². The summed E-state index contributed by atoms with van der Waals surface area (Å²) < 4.78 is 0. The molecule has 2 amide bonds. The largest absolute Gasteiger partial charge is 0.397 e. The Bertz CT molecular complexity index is 574. The second kappa shape index (κ2) is 4.62. The Morgan fingerprint density at radius 2 is 1.85 bits per heavy atom. The third kappa shape index (κ3) is 1.90. The number of amides is 2. The fraction of sp³-hybridized carbons (Fsp3) is 0.500. The van der Waals surface area contributed by atoms with Crippen molar-refractivity contribution in [3.63, 3.8) is 0 Å². The van der Waals surface area contributed by atoms with Gasteiger partial charge in [0.15, 0.2) is 0 Å². The molecule has 2 N–H and O–H groups in total. The van der Waals surface area contributed by atoms with Crippen molar-refractivity contribution in [3.05, 3.63) is 23.8 Å². The standard InChI is InChI=1S/C16H20N2O2/c1-11-5-6-13(12(17)9-11)18-14(19)10-16(15(18)20)7-3-2-4-8-16/h5-6,9H,2-4,7-8,10,17H2,1H3. The molecule has 0 bridgehead atoms. The fourth-order valence-corrected chi connectivity index (χ4v) is 3.54. The quantitative estimate of drug-likeness (QED) is 0.631. The van der Waals surface area contributed by atoms with Gasteiger partial charge in [-0.1, -0.05) is 25.3 Å². The average Bonchev–Trinajstić information content (AvgIpc) is 2.63. The molecule has 1 heterocycles. The first kappa shape index (κ1) is 13.2. The average molecular weight is 272 g/mol. The number of anilines is 2. The van der Waals surface area contributed by atoms with E-state index < -0.39 is 5.41 Å². The predicted molar refractivity (Wildman–Crippen MR) is 78.2 cm³/mol. The van der Waals surface area contributed by atoms with Crippen LogP contribution >= 0.6 is 0 Å². The lowest BCUT2D eigenvalue weighted by molar-refractivity contribution is -0.127. The van der Waals surface area contributed by atoms with Gasteiger partial charge in [0, 0.05) is 6.42 Å². The Morgan fingerprint density at radius 1 is 1.15 bits per heavy atom. The van der Waals surface area contributed by atoms with E-state index in [1.165, 1.54) is 4.90 Å². The van der Waals surface area contributed by atoms with E-state index in [2.05, 4.69) is 0 Å². The van der Waals surface area contributed by atoms with Crippen LogP contribution in [-0.2, 0) is 9.59 Å². The Labute approximate surface area is 118 Å². The molecule has 20 heavy (non-hydrogen) atoms. The minimum atomic E-state index is -0.452. The van der Waals surface area contributed by atoms with Crippen LogP contribution in [0, 0.1) is 12.3 Å². The zero-order valence-corrected chi connectivity index (χ0v) is 11.8. The minimum Gasteiger partial charge on any atom is -0.397 e. The maximum absolute atomic E-state index is 12.8. The molecule has 0 aromatic heterocycles. The highest BCUT2D eigenvalue weighted by atomic mass is 16.2. The molecule has 0 unspecified atom stereocenters. The van der Waals surface area contributed by atoms with Gasteiger partial charge in [-0.15, -0.1) is 0 Å². The highest BCUT2D eigenvalue weighted by Gasteiger charge is 2.52. The first-order valence-corrected chi connectivity index (χ1v) is 7.27. The second-order valence-corrected chi connectivity index (χ2v) is 6.11. The maximum atomic E-state index is 12.8. The van der Waals surface area contributed by atoms with Gasteiger partial charge >= 0.3 is 0 Å². The van der Waals surface area contributed by atoms with Crippen molar-refractivity contribution < 1.29 is 9.59 Å². The van der Waals surface area contributed by atoms with Gasteiger partial charge in [-0.2, -0.15) is 0 Å². The van der Waals surface area contributed by atoms with Crippen LogP contribution in [-0.4, -0.2) is 11.8 Å². The molecule has 0 radical (unpaired) electrons. The maximum Gasteiger partial charge on any atom is 0.240 e. The number of nitrogen functional groups attached to an aromatic ring is 1. The Balaban J connectivity index is 1.98. The van der Waals surface area contributed by atoms with Crippen molar-refractivity contribution in [2.75, 3.05) is 10.6 Å². The molecule has 4 heteroatoms. The fourth-order valence-electron chi connectivity index (χ4n) is 3.54. The summed E-state index contributed by atoms with van der Waals surface area (Å²) in [5.74, 6) is -0.148. The molecule has 2 fully saturated rings. The molecule has 1 aromatic rings. The topological polar surface area (TPSA) is 63.4 Å². The van der Waals surface area contributed by atoms with E-state index in [9.17, 15) is 9.59 Å². The molecule has 1 aliphatic carbocycles. The summed E-state index contributed by atoms with van der Waals surface area (Å²) in [6.07, 6.45) is 5.25. The van der Waals surface area contributed by atoms with Gasteiger partial charge in [-0.05, 0) is 37.5 Å². The van der Waals surface area contributed by atoms with Crippen LogP contribution in [0.2, 0.25) is 0 Å². The van der Waals surface area contributed by atoms with Crippen LogP contribution in [0.5, 0.6) is 0 Å². The first-order valence-electron chi connectivity index (χ1n) is 7.27. The van der Waals surface area contributed by atoms with Crippen LogP contribution in [0.1, 0.15) is 44.1 Å². The van der Waals surface area contributed by atoms with Gasteiger partial charge in [0.1, 0.15) is 0 Å². The van der Waals surface area contributed by atoms with E-state index in [0.717, 1.165) is 37.7 Å². The number of nitrogens with two attached hydrogens (primary N) is 1. The summed E-state index contributed by atoms with van der Waals surface area (Å²) in [5, 5.41) is 0. The molecule has 2 aliphatic rings. The van der Waals surface area contributed by atoms with Gasteiger partial charge < -0.3 is 5.73 Å². The van der Waals surface area contributed by atoms with Crippen molar-refractivity contribution >= 4 is 23.2 Å². The Hall–Kier alpha value is -1.84. The molecule has 1 spiro atoms. The zero-order chi connectivity index (χ0) is 14.3. The normalized spacial score (nSPS) is 21.8. The van der Waals surface area contributed by atoms with Gasteiger partial charge in [-0.3, -0.25) is 9.59 Å². The lowest BCUT2D eigenvalue weighted by Gasteiger charge is -2.30. The number of imide groups is 1. The highest BCUT2D eigenvalue weighted by Crippen LogP contribution is 2.47. The summed E-state index contributed by atoms with van der Waals surface area (Å²) in [6, 6.07) is 5.47. The zero-order valence-electron chi connectivity index (χ0n) is 11.8. The van der Waals surface area contributed by atoms with Crippen molar-refractivity contribution in [3.8, 4) is 0 Å². The van der Waals surface area contributed by atoms with E-state index in [1.54, 1.807) is 6.07 Å². The van der Waals surface area contributed by atoms with Gasteiger partial charge in [0.2, 0.25) is 11.8 Å². The van der Waals surface area contributed by atoms with Gasteiger partial charge in [0.25, 0.3) is 0 Å². The molecule has 1 aliphatic heterocycles. The van der Waals surface area contributed by atoms with Gasteiger partial charge in [-0.25, -0.2) is 4.90 Å². The van der Waals surface area contributed by atoms with E-state index >= 15 is 0 Å². The van der Waals surface area contributed by atoms with E-state index in [-0.39, 0.29) is 11.8 Å². The molecule has 1 saturated carbocycles. The highest BCUT2D eigenvalue weighted by molar-refractivity contribution is 6.23. The predicted octanol–water partition coefficient (Wildman–Crippen LogP) is 2.79. The second-order valence-electron chi connectivity index (χ2n) is 6.11. The van der Waals surface area contributed by atoms with Crippen LogP contribution in [0.15, 0.2) is 18.2 Å². The minimum absolute atomic E-state index is 0.0437. The number of hydrogen-bond donors (Lipinski definition) is 1. The van der Waals surface area contributed by atoms with Crippen LogP contribution in [0.3, 0.4) is 0 Å². The van der Waals surface area contributed by atoms with Crippen LogP contribution < -0.4 is 10.6 Å². The molecule has 4 nitrogen and oxygen atoms in total. The number of rotatable bonds is 1. The summed E-state index contributed by atoms with van der Waals surface area (Å²) in [6.45, 7) is 1.94. The molecule has 1 saturated heterocycles. The third-order valence-electron chi connectivity index (χ3n) is 4.63. The number of carbonyl (C=O) groups is 2. The Kier molecular flexibility index (Phi) is 3.04. The summed E-state index contributed by atoms with van der Waals surface area (Å²) in [5.41, 5.74) is 7.62. The lowest BCUT2D eigenvalue weighted by Crippen LogP contribution is -2.37. The molecular formula is C16H20N2O2. The van der Waals surface area contributed by atoms with Crippen molar-refractivity contribution in [2.45, 2.75) is 45.4 Å². The number of nitrogens with zero attached hydrogens (tertiary/aromatic N) is 1. The van der Waals surface area contributed by atoms with Crippen LogP contribution in [0.4, 0.5) is 11.4 Å². The first-order chi connectivity index (χ1) is 9.53. The number of benzene rings is 1. The molecule has 106 valence electrons. The van der Waals surface area contributed by atoms with E-state index in [0.29, 0.717) is 17.8 Å². The van der Waals surface area contributed by atoms with Crippen molar-refractivity contribution in [1.29, 1.82) is 0 Å². The molecule has 3 rings (SSSR count). The van der Waals surface area contributed by atoms with Crippen molar-refractivity contribution in [1.82, 2.24) is 0 Å². The molecular weight excluding hydrogens is 252 g/mol. The summed E-state index contributed by atoms with van der Waals surface area (Å²) in [4.78, 5) is 26.4. The SMILES string of the molecule is Cc1ccc(N2C(=O)CC3(CCCCC3)C2=O)c(N)c1. The number of hydrogen-bond acceptors (Lipinski definition) is 3. The molecule has 0 atom stereocenters. The number of carbonyl (C=O) groups excluding carboxylic acids is 2. The van der Waals surface area contributed by atoms with Gasteiger partial charge in [0.05, 0.1) is 16.8 Å². The monoisotopic (exact) mass is 272 g/mol. The third-order valence-corrected chi connectivity index (χ3v) is 4.63. The number of aryl methyl sites for hydroxylation is 1. The van der Waals surface area contributed by atoms with E-state index in [1.807, 2.05) is 19.1 Å². The smallest absolute Gasteiger partial charge is 0.240 e. The van der Waals surface area contributed by atoms with E-state index in [4.69, 9.17) is 5.73 Å². The lowest BCUT2D eigenvalue weighted by atomic mass is 9.73. The van der Waals surface area contributed by atoms with Crippen molar-refractivity contribution in [2.24, 2.45) is 5.41 Å². The summed E-state index contributed by atoms with van der Waals surface area (Å²) >= 11 is 0. The summed E-state index contributed by atoms with van der Waals surface area (Å²) in [7, 11) is 0. The molecule has 1 aromatic carbocycles. The Morgan fingerprint density at radius 3 is 2.50 bits per heavy atom.